The van der Waals surface area contributed by atoms with Gasteiger partial charge >= 0.3 is 5.97 Å². The van der Waals surface area contributed by atoms with E-state index >= 15 is 0 Å². The Labute approximate surface area is 120 Å². The standard InChI is InChI=1S/C13H26O5S/c1-4-7-8-11(5-2)10-16-13(14)9-12(6-3)19-18-17-15/h11-12,15H,4-10H2,1-3H3. The molecule has 0 aliphatic rings. The van der Waals surface area contributed by atoms with Gasteiger partial charge in [-0.2, -0.15) is 0 Å². The molecule has 2 atom stereocenters. The zero-order valence-electron chi connectivity index (χ0n) is 12.1. The Bertz CT molecular complexity index is 225. The van der Waals surface area contributed by atoms with Crippen molar-refractivity contribution < 1.29 is 24.2 Å². The molecule has 1 N–H and O–H groups in total. The van der Waals surface area contributed by atoms with Crippen LogP contribution >= 0.6 is 12.0 Å². The molecule has 0 heterocycles. The van der Waals surface area contributed by atoms with Crippen LogP contribution in [0.25, 0.3) is 0 Å². The van der Waals surface area contributed by atoms with Crippen molar-refractivity contribution in [2.45, 2.75) is 64.5 Å². The third-order valence-electron chi connectivity index (χ3n) is 3.08. The van der Waals surface area contributed by atoms with Gasteiger partial charge in [0.05, 0.1) is 13.0 Å². The van der Waals surface area contributed by atoms with E-state index in [9.17, 15) is 4.79 Å². The lowest BCUT2D eigenvalue weighted by atomic mass is 10.0. The summed E-state index contributed by atoms with van der Waals surface area (Å²) < 4.78 is 9.65. The van der Waals surface area contributed by atoms with Gasteiger partial charge in [-0.25, -0.2) is 5.26 Å². The fraction of sp³-hybridized carbons (Fsp3) is 0.923. The first-order valence-corrected chi connectivity index (χ1v) is 7.77. The molecule has 0 spiro atoms. The van der Waals surface area contributed by atoms with Crippen molar-refractivity contribution in [3.8, 4) is 0 Å². The number of ether oxygens (including phenoxy) is 1. The summed E-state index contributed by atoms with van der Waals surface area (Å²) in [5.74, 6) is 0.226. The van der Waals surface area contributed by atoms with Crippen LogP contribution in [0.2, 0.25) is 0 Å². The van der Waals surface area contributed by atoms with E-state index in [-0.39, 0.29) is 17.6 Å². The Morgan fingerprint density at radius 3 is 2.53 bits per heavy atom. The summed E-state index contributed by atoms with van der Waals surface area (Å²) in [5.41, 5.74) is 0. The third kappa shape index (κ3) is 10.2. The monoisotopic (exact) mass is 294 g/mol. The van der Waals surface area contributed by atoms with E-state index < -0.39 is 0 Å². The molecule has 0 amide bonds. The van der Waals surface area contributed by atoms with Crippen LogP contribution in [0.4, 0.5) is 0 Å². The minimum absolute atomic E-state index is 0.0737. The highest BCUT2D eigenvalue weighted by Gasteiger charge is 2.17. The summed E-state index contributed by atoms with van der Waals surface area (Å²) in [5, 5.41) is 11.5. The highest BCUT2D eigenvalue weighted by molar-refractivity contribution is 7.95. The number of carbonyl (C=O) groups is 1. The number of hydrogen-bond acceptors (Lipinski definition) is 6. The average Bonchev–Trinajstić information content (AvgIpc) is 2.43. The summed E-state index contributed by atoms with van der Waals surface area (Å²) in [6, 6.07) is 0. The zero-order chi connectivity index (χ0) is 14.5. The largest absolute Gasteiger partial charge is 0.465 e. The van der Waals surface area contributed by atoms with Gasteiger partial charge < -0.3 is 4.74 Å². The molecule has 0 aromatic carbocycles. The van der Waals surface area contributed by atoms with Gasteiger partial charge in [-0.3, -0.25) is 4.79 Å². The molecular formula is C13H26O5S. The first-order chi connectivity index (χ1) is 9.17. The SMILES string of the molecule is CCCCC(CC)COC(=O)CC(CC)SOOO. The summed E-state index contributed by atoms with van der Waals surface area (Å²) in [6.07, 6.45) is 5.46. The van der Waals surface area contributed by atoms with E-state index in [0.717, 1.165) is 37.7 Å². The number of carbonyl (C=O) groups excluding carboxylic acids is 1. The van der Waals surface area contributed by atoms with Crippen molar-refractivity contribution in [1.82, 2.24) is 0 Å². The molecule has 0 bridgehead atoms. The molecule has 0 fully saturated rings. The molecule has 6 heteroatoms. The van der Waals surface area contributed by atoms with Gasteiger partial charge in [0.15, 0.2) is 0 Å². The van der Waals surface area contributed by atoms with Gasteiger partial charge in [-0.05, 0) is 18.8 Å². The van der Waals surface area contributed by atoms with E-state index in [2.05, 4.69) is 23.2 Å². The molecule has 0 aliphatic carbocycles. The fourth-order valence-electron chi connectivity index (χ4n) is 1.67. The van der Waals surface area contributed by atoms with Crippen molar-refractivity contribution in [3.05, 3.63) is 0 Å². The Hall–Kier alpha value is -0.300. The van der Waals surface area contributed by atoms with Gasteiger partial charge in [-0.1, -0.05) is 45.1 Å². The number of unbranched alkanes of at least 4 members (excludes halogenated alkanes) is 1. The minimum Gasteiger partial charge on any atom is -0.465 e. The first-order valence-electron chi connectivity index (χ1n) is 6.96. The van der Waals surface area contributed by atoms with Crippen LogP contribution in [0, 0.1) is 5.92 Å². The van der Waals surface area contributed by atoms with E-state index in [4.69, 9.17) is 9.99 Å². The van der Waals surface area contributed by atoms with Gasteiger partial charge in [0, 0.05) is 17.3 Å². The van der Waals surface area contributed by atoms with Crippen LogP contribution in [0.15, 0.2) is 0 Å². The van der Waals surface area contributed by atoms with Crippen LogP contribution in [-0.4, -0.2) is 23.1 Å². The van der Waals surface area contributed by atoms with Gasteiger partial charge in [0.2, 0.25) is 0 Å². The van der Waals surface area contributed by atoms with E-state index in [0.29, 0.717) is 12.5 Å². The molecule has 0 radical (unpaired) electrons. The lowest BCUT2D eigenvalue weighted by Crippen LogP contribution is -2.17. The van der Waals surface area contributed by atoms with Crippen LogP contribution in [0.3, 0.4) is 0 Å². The maximum absolute atomic E-state index is 11.7. The highest BCUT2D eigenvalue weighted by atomic mass is 32.2. The molecule has 2 unspecified atom stereocenters. The molecule has 5 nitrogen and oxygen atoms in total. The number of rotatable bonds is 12. The van der Waals surface area contributed by atoms with Crippen molar-refractivity contribution >= 4 is 18.0 Å². The van der Waals surface area contributed by atoms with Crippen LogP contribution in [0.1, 0.15) is 59.3 Å². The van der Waals surface area contributed by atoms with Crippen LogP contribution in [-0.2, 0) is 18.9 Å². The lowest BCUT2D eigenvalue weighted by molar-refractivity contribution is -0.432. The second-order valence-electron chi connectivity index (χ2n) is 4.57. The maximum atomic E-state index is 11.7. The van der Waals surface area contributed by atoms with Crippen molar-refractivity contribution in [2.24, 2.45) is 5.92 Å². The molecule has 0 aromatic rings. The topological polar surface area (TPSA) is 65.0 Å². The molecule has 0 aromatic heterocycles. The number of hydrogen-bond donors (Lipinski definition) is 1. The van der Waals surface area contributed by atoms with E-state index in [1.165, 1.54) is 6.42 Å². The normalized spacial score (nSPS) is 14.1. The number of esters is 1. The lowest BCUT2D eigenvalue weighted by Gasteiger charge is -2.16. The summed E-state index contributed by atoms with van der Waals surface area (Å²) in [6.45, 7) is 6.70. The molecule has 114 valence electrons. The van der Waals surface area contributed by atoms with Gasteiger partial charge in [0.25, 0.3) is 0 Å². The Balaban J connectivity index is 3.87. The average molecular weight is 294 g/mol. The van der Waals surface area contributed by atoms with Gasteiger partial charge in [-0.15, -0.1) is 4.33 Å². The molecule has 19 heavy (non-hydrogen) atoms. The Kier molecular flexibility index (Phi) is 12.5. The van der Waals surface area contributed by atoms with Gasteiger partial charge in [0.1, 0.15) is 0 Å². The van der Waals surface area contributed by atoms with Crippen molar-refractivity contribution in [3.63, 3.8) is 0 Å². The van der Waals surface area contributed by atoms with E-state index in [1.807, 2.05) is 6.92 Å². The molecule has 0 saturated heterocycles. The summed E-state index contributed by atoms with van der Waals surface area (Å²) in [4.78, 5) is 11.7. The first kappa shape index (κ1) is 18.7. The predicted octanol–water partition coefficient (Wildman–Crippen LogP) is 3.98. The smallest absolute Gasteiger partial charge is 0.307 e. The molecular weight excluding hydrogens is 268 g/mol. The molecule has 0 saturated carbocycles. The van der Waals surface area contributed by atoms with Crippen LogP contribution < -0.4 is 0 Å². The maximum Gasteiger partial charge on any atom is 0.307 e. The Morgan fingerprint density at radius 1 is 1.26 bits per heavy atom. The van der Waals surface area contributed by atoms with Crippen molar-refractivity contribution in [2.75, 3.05) is 6.61 Å². The fourth-order valence-corrected chi connectivity index (χ4v) is 2.16. The van der Waals surface area contributed by atoms with E-state index in [1.54, 1.807) is 0 Å². The highest BCUT2D eigenvalue weighted by Crippen LogP contribution is 2.20. The van der Waals surface area contributed by atoms with Crippen molar-refractivity contribution in [1.29, 1.82) is 0 Å². The second kappa shape index (κ2) is 12.7. The molecule has 0 rings (SSSR count). The summed E-state index contributed by atoms with van der Waals surface area (Å²) >= 11 is 0.931. The quantitative estimate of drug-likeness (QED) is 0.254. The minimum atomic E-state index is -0.226. The third-order valence-corrected chi connectivity index (χ3v) is 3.99. The molecule has 0 aliphatic heterocycles. The summed E-state index contributed by atoms with van der Waals surface area (Å²) in [7, 11) is 0. The van der Waals surface area contributed by atoms with Crippen LogP contribution in [0.5, 0.6) is 0 Å². The Morgan fingerprint density at radius 2 is 2.00 bits per heavy atom. The zero-order valence-corrected chi connectivity index (χ0v) is 12.9. The second-order valence-corrected chi connectivity index (χ2v) is 5.57. The predicted molar refractivity (Wildman–Crippen MR) is 75.4 cm³/mol.